The maximum atomic E-state index is 13.2. The quantitative estimate of drug-likeness (QED) is 0.0817. The van der Waals surface area contributed by atoms with Crippen LogP contribution < -0.4 is 20.1 Å². The van der Waals surface area contributed by atoms with Crippen molar-refractivity contribution in [1.29, 1.82) is 0 Å². The van der Waals surface area contributed by atoms with Crippen molar-refractivity contribution in [2.45, 2.75) is 20.0 Å². The molecule has 2 amide bonds. The normalized spacial score (nSPS) is 10.9. The summed E-state index contributed by atoms with van der Waals surface area (Å²) >= 11 is 38.0. The number of hydrogen-bond acceptors (Lipinski definition) is 7. The Balaban J connectivity index is 0.000000196. The summed E-state index contributed by atoms with van der Waals surface area (Å²) < 4.78 is 13.6. The first-order chi connectivity index (χ1) is 31.6. The van der Waals surface area contributed by atoms with Gasteiger partial charge < -0.3 is 34.3 Å². The van der Waals surface area contributed by atoms with E-state index in [1.54, 1.807) is 107 Å². The zero-order valence-corrected chi connectivity index (χ0v) is 39.6. The van der Waals surface area contributed by atoms with E-state index in [9.17, 15) is 24.3 Å². The summed E-state index contributed by atoms with van der Waals surface area (Å²) in [7, 11) is 3.08. The SMILES string of the molecule is COc1ccc(NC(=O)C(=O)c2c(Cl)n(Cc3ccc(Cl)cc3Cl)c3ccc(C)cc23)cc1.COc1ccc(NC(=O)C(=O)c2c(Cl)n(Cc3ccc(Cl)cc3Cl)c3ccc(O)cc23)cc1. The van der Waals surface area contributed by atoms with Crippen molar-refractivity contribution in [1.82, 2.24) is 9.13 Å². The van der Waals surface area contributed by atoms with E-state index in [0.717, 1.165) is 22.2 Å². The molecule has 0 atom stereocenters. The minimum absolute atomic E-state index is 0.0151. The minimum Gasteiger partial charge on any atom is -0.508 e. The van der Waals surface area contributed by atoms with Crippen LogP contribution in [-0.4, -0.2) is 51.8 Å². The molecule has 8 rings (SSSR count). The number of fused-ring (bicyclic) bond motifs is 2. The lowest BCUT2D eigenvalue weighted by atomic mass is 10.1. The van der Waals surface area contributed by atoms with Crippen LogP contribution in [0.1, 0.15) is 37.4 Å². The summed E-state index contributed by atoms with van der Waals surface area (Å²) in [4.78, 5) is 51.9. The molecule has 0 aliphatic rings. The van der Waals surface area contributed by atoms with Crippen LogP contribution in [0.4, 0.5) is 11.4 Å². The number of hydrogen-bond donors (Lipinski definition) is 3. The third kappa shape index (κ3) is 10.4. The Labute approximate surface area is 408 Å². The average molecular weight is 1010 g/mol. The van der Waals surface area contributed by atoms with E-state index in [-0.39, 0.29) is 33.7 Å². The summed E-state index contributed by atoms with van der Waals surface area (Å²) in [5.41, 5.74) is 4.73. The van der Waals surface area contributed by atoms with Crippen LogP contribution >= 0.6 is 69.6 Å². The van der Waals surface area contributed by atoms with Gasteiger partial charge >= 0.3 is 0 Å². The number of nitrogens with zero attached hydrogens (tertiary/aromatic N) is 2. The number of carbonyl (C=O) groups is 4. The number of ether oxygens (including phenoxy) is 2. The highest BCUT2D eigenvalue weighted by molar-refractivity contribution is 6.52. The van der Waals surface area contributed by atoms with E-state index in [1.807, 2.05) is 25.1 Å². The summed E-state index contributed by atoms with van der Waals surface area (Å²) in [5, 5.41) is 18.3. The van der Waals surface area contributed by atoms with Gasteiger partial charge in [-0.1, -0.05) is 93.4 Å². The number of phenols is 1. The Morgan fingerprint density at radius 2 is 0.939 bits per heavy atom. The van der Waals surface area contributed by atoms with Crippen LogP contribution in [0.2, 0.25) is 30.4 Å². The van der Waals surface area contributed by atoms with Crippen LogP contribution in [0.15, 0.2) is 121 Å². The van der Waals surface area contributed by atoms with Gasteiger partial charge in [-0.05, 0) is 121 Å². The van der Waals surface area contributed by atoms with Crippen molar-refractivity contribution in [2.24, 2.45) is 0 Å². The van der Waals surface area contributed by atoms with Gasteiger partial charge in [0.2, 0.25) is 0 Å². The molecule has 11 nitrogen and oxygen atoms in total. The summed E-state index contributed by atoms with van der Waals surface area (Å²) in [6, 6.07) is 33.6. The van der Waals surface area contributed by atoms with Crippen LogP contribution in [0.25, 0.3) is 21.8 Å². The number of halogens is 6. The lowest BCUT2D eigenvalue weighted by molar-refractivity contribution is -0.113. The molecule has 3 N–H and O–H groups in total. The number of benzene rings is 6. The fourth-order valence-electron chi connectivity index (χ4n) is 7.08. The summed E-state index contributed by atoms with van der Waals surface area (Å²) in [5.74, 6) is -2.03. The molecule has 0 saturated heterocycles. The smallest absolute Gasteiger partial charge is 0.296 e. The predicted molar refractivity (Wildman–Crippen MR) is 263 cm³/mol. The van der Waals surface area contributed by atoms with Crippen molar-refractivity contribution in [3.63, 3.8) is 0 Å². The van der Waals surface area contributed by atoms with Gasteiger partial charge in [-0.25, -0.2) is 0 Å². The maximum absolute atomic E-state index is 13.2. The number of aromatic nitrogens is 2. The molecule has 336 valence electrons. The van der Waals surface area contributed by atoms with E-state index in [0.29, 0.717) is 65.8 Å². The molecule has 0 bridgehead atoms. The highest BCUT2D eigenvalue weighted by Crippen LogP contribution is 2.36. The lowest BCUT2D eigenvalue weighted by Gasteiger charge is -2.10. The number of anilines is 2. The van der Waals surface area contributed by atoms with E-state index < -0.39 is 23.4 Å². The predicted octanol–water partition coefficient (Wildman–Crippen LogP) is 13.0. The standard InChI is InChI=1S/C25H19Cl3N2O3.C24H17Cl3N2O4/c1-14-3-10-21-19(11-14)22(23(31)25(32)29-17-6-8-18(33-2)9-7-17)24(28)30(21)13-15-4-5-16(26)12-20(15)27;1-33-17-7-4-15(5-8-17)28-24(32)22(31)21-18-11-16(30)6-9-20(18)29(23(21)27)12-13-2-3-14(25)10-19(13)26/h3-12H,13H2,1-2H3,(H,29,32);2-11,30H,12H2,1H3,(H,28,32). The first-order valence-corrected chi connectivity index (χ1v) is 22.0. The fourth-order valence-corrected chi connectivity index (χ4v) is 8.70. The number of amides is 2. The van der Waals surface area contributed by atoms with Crippen LogP contribution in [-0.2, 0) is 22.7 Å². The van der Waals surface area contributed by atoms with Crippen molar-refractivity contribution in [3.8, 4) is 17.2 Å². The third-order valence-corrected chi connectivity index (χ3v) is 12.3. The number of nitrogens with one attached hydrogen (secondary N) is 2. The second-order valence-corrected chi connectivity index (χ2v) is 17.1. The number of aromatic hydroxyl groups is 1. The Kier molecular flexibility index (Phi) is 14.9. The molecule has 2 heterocycles. The lowest BCUT2D eigenvalue weighted by Crippen LogP contribution is -2.23. The van der Waals surface area contributed by atoms with E-state index in [1.165, 1.54) is 19.2 Å². The second-order valence-electron chi connectivity index (χ2n) is 14.7. The number of methoxy groups -OCH3 is 2. The monoisotopic (exact) mass is 1000 g/mol. The molecular formula is C49H36Cl6N4O7. The van der Waals surface area contributed by atoms with Crippen LogP contribution in [0.3, 0.4) is 0 Å². The molecule has 17 heteroatoms. The Morgan fingerprint density at radius 1 is 0.530 bits per heavy atom. The minimum atomic E-state index is -0.867. The Hall–Kier alpha value is -6.18. The highest BCUT2D eigenvalue weighted by atomic mass is 35.5. The number of ketones is 2. The van der Waals surface area contributed by atoms with Crippen molar-refractivity contribution >= 4 is 126 Å². The van der Waals surface area contributed by atoms with Crippen LogP contribution in [0, 0.1) is 6.92 Å². The first-order valence-electron chi connectivity index (χ1n) is 19.7. The molecule has 0 unspecified atom stereocenters. The highest BCUT2D eigenvalue weighted by Gasteiger charge is 2.29. The van der Waals surface area contributed by atoms with Gasteiger partial charge in [0, 0.05) is 42.2 Å². The fraction of sp³-hybridized carbons (Fsp3) is 0.102. The zero-order valence-electron chi connectivity index (χ0n) is 35.0. The van der Waals surface area contributed by atoms with Gasteiger partial charge in [0.05, 0.1) is 49.5 Å². The van der Waals surface area contributed by atoms with Crippen molar-refractivity contribution < 1.29 is 33.8 Å². The topological polar surface area (TPSA) is 141 Å². The number of aryl methyl sites for hydroxylation is 1. The molecule has 0 spiro atoms. The molecule has 0 saturated carbocycles. The van der Waals surface area contributed by atoms with Crippen LogP contribution in [0.5, 0.6) is 17.2 Å². The van der Waals surface area contributed by atoms with E-state index in [4.69, 9.17) is 79.1 Å². The molecule has 66 heavy (non-hydrogen) atoms. The number of carbonyl (C=O) groups excluding carboxylic acids is 4. The largest absolute Gasteiger partial charge is 0.508 e. The van der Waals surface area contributed by atoms with Gasteiger partial charge in [0.25, 0.3) is 23.4 Å². The first kappa shape index (κ1) is 47.8. The van der Waals surface area contributed by atoms with Gasteiger partial charge in [-0.2, -0.15) is 0 Å². The van der Waals surface area contributed by atoms with Crippen molar-refractivity contribution in [3.05, 3.63) is 180 Å². The zero-order chi connectivity index (χ0) is 47.4. The maximum Gasteiger partial charge on any atom is 0.296 e. The van der Waals surface area contributed by atoms with Crippen molar-refractivity contribution in [2.75, 3.05) is 24.9 Å². The van der Waals surface area contributed by atoms with E-state index in [2.05, 4.69) is 10.6 Å². The summed E-state index contributed by atoms with van der Waals surface area (Å²) in [6.45, 7) is 2.44. The van der Waals surface area contributed by atoms with Gasteiger partial charge in [-0.15, -0.1) is 0 Å². The van der Waals surface area contributed by atoms with Gasteiger partial charge in [-0.3, -0.25) is 19.2 Å². The molecule has 0 radical (unpaired) electrons. The average Bonchev–Trinajstić information content (AvgIpc) is 3.72. The molecule has 0 aliphatic carbocycles. The summed E-state index contributed by atoms with van der Waals surface area (Å²) in [6.07, 6.45) is 0. The van der Waals surface area contributed by atoms with Gasteiger partial charge in [0.1, 0.15) is 27.6 Å². The van der Waals surface area contributed by atoms with E-state index >= 15 is 0 Å². The molecule has 0 fully saturated rings. The number of Topliss-reactive ketones (excluding diaryl/α,β-unsaturated/α-hetero) is 2. The Morgan fingerprint density at radius 3 is 1.35 bits per heavy atom. The molecule has 8 aromatic rings. The molecule has 0 aliphatic heterocycles. The number of rotatable bonds is 12. The van der Waals surface area contributed by atoms with Gasteiger partial charge in [0.15, 0.2) is 0 Å². The number of phenolic OH excluding ortho intramolecular Hbond substituents is 1. The second kappa shape index (κ2) is 20.6. The third-order valence-electron chi connectivity index (χ3n) is 10.4. The molecular weight excluding hydrogens is 969 g/mol. The molecule has 6 aromatic carbocycles. The molecule has 2 aromatic heterocycles. The Bertz CT molecular complexity index is 2970.